The number of hydrogen-bond acceptors (Lipinski definition) is 7. The van der Waals surface area contributed by atoms with Crippen LogP contribution in [0.4, 0.5) is 0 Å². The highest BCUT2D eigenvalue weighted by Gasteiger charge is 2.29. The van der Waals surface area contributed by atoms with Gasteiger partial charge in [-0.15, -0.1) is 0 Å². The van der Waals surface area contributed by atoms with Crippen LogP contribution in [0.25, 0.3) is 0 Å². The minimum atomic E-state index is -1.22. The second kappa shape index (κ2) is 13.0. The van der Waals surface area contributed by atoms with Crippen molar-refractivity contribution < 1.29 is 34.2 Å². The minimum Gasteiger partial charge on any atom is -0.508 e. The van der Waals surface area contributed by atoms with Crippen LogP contribution < -0.4 is 27.4 Å². The first-order chi connectivity index (χ1) is 15.4. The van der Waals surface area contributed by atoms with E-state index in [4.69, 9.17) is 11.5 Å². The van der Waals surface area contributed by atoms with Crippen molar-refractivity contribution in [3.63, 3.8) is 0 Å². The molecule has 0 saturated carbocycles. The average Bonchev–Trinajstić information content (AvgIpc) is 2.74. The van der Waals surface area contributed by atoms with Gasteiger partial charge in [0.2, 0.25) is 23.6 Å². The van der Waals surface area contributed by atoms with Gasteiger partial charge in [0.25, 0.3) is 0 Å². The van der Waals surface area contributed by atoms with E-state index in [0.29, 0.717) is 5.56 Å². The largest absolute Gasteiger partial charge is 0.508 e. The van der Waals surface area contributed by atoms with E-state index in [9.17, 15) is 34.2 Å². The van der Waals surface area contributed by atoms with Crippen molar-refractivity contribution in [2.24, 2.45) is 17.4 Å². The summed E-state index contributed by atoms with van der Waals surface area (Å²) >= 11 is 0. The zero-order valence-corrected chi connectivity index (χ0v) is 18.5. The van der Waals surface area contributed by atoms with Crippen LogP contribution in [0.3, 0.4) is 0 Å². The van der Waals surface area contributed by atoms with Crippen LogP contribution in [0.5, 0.6) is 5.75 Å². The number of phenols is 1. The number of rotatable bonds is 13. The molecule has 3 unspecified atom stereocenters. The molecule has 0 aromatic heterocycles. The number of carbonyl (C=O) groups is 5. The van der Waals surface area contributed by atoms with Crippen LogP contribution in [0, 0.1) is 5.92 Å². The predicted octanol–water partition coefficient (Wildman–Crippen LogP) is -1.65. The maximum absolute atomic E-state index is 12.8. The second-order valence-corrected chi connectivity index (χ2v) is 7.89. The maximum Gasteiger partial charge on any atom is 0.326 e. The predicted molar refractivity (Wildman–Crippen MR) is 118 cm³/mol. The lowest BCUT2D eigenvalue weighted by atomic mass is 10.0. The van der Waals surface area contributed by atoms with E-state index in [-0.39, 0.29) is 25.0 Å². The fourth-order valence-electron chi connectivity index (χ4n) is 2.82. The summed E-state index contributed by atoms with van der Waals surface area (Å²) < 4.78 is 0. The summed E-state index contributed by atoms with van der Waals surface area (Å²) in [6, 6.07) is 2.57. The Morgan fingerprint density at radius 1 is 1.00 bits per heavy atom. The first-order valence-corrected chi connectivity index (χ1v) is 10.3. The normalized spacial score (nSPS) is 13.5. The highest BCUT2D eigenvalue weighted by atomic mass is 16.4. The number of aromatic hydroxyl groups is 1. The Labute approximate surface area is 191 Å². The molecule has 1 aromatic carbocycles. The van der Waals surface area contributed by atoms with Crippen LogP contribution in [-0.2, 0) is 30.4 Å². The van der Waals surface area contributed by atoms with Crippen LogP contribution in [0.2, 0.25) is 0 Å². The number of carboxylic acids is 1. The Hall–Kier alpha value is -3.67. The summed E-state index contributed by atoms with van der Waals surface area (Å²) in [6.07, 6.45) is -0.0644. The third-order valence-electron chi connectivity index (χ3n) is 4.72. The summed E-state index contributed by atoms with van der Waals surface area (Å²) in [6.45, 7) is 2.77. The summed E-state index contributed by atoms with van der Waals surface area (Å²) in [5, 5.41) is 26.0. The van der Waals surface area contributed by atoms with Crippen molar-refractivity contribution in [1.29, 1.82) is 0 Å². The molecule has 12 heteroatoms. The summed E-state index contributed by atoms with van der Waals surface area (Å²) in [4.78, 5) is 59.3. The van der Waals surface area contributed by atoms with Gasteiger partial charge in [-0.25, -0.2) is 4.79 Å². The number of phenolic OH excluding ortho intramolecular Hbond substituents is 1. The smallest absolute Gasteiger partial charge is 0.326 e. The Bertz CT molecular complexity index is 857. The van der Waals surface area contributed by atoms with Gasteiger partial charge in [0.1, 0.15) is 17.8 Å². The summed E-state index contributed by atoms with van der Waals surface area (Å²) in [5.41, 5.74) is 11.2. The van der Waals surface area contributed by atoms with Crippen LogP contribution in [-0.4, -0.2) is 64.5 Å². The molecule has 3 atom stereocenters. The molecule has 33 heavy (non-hydrogen) atoms. The standard InChI is InChI=1S/C21H31N5O7/c1-11(2)18(21(32)33)26-20(31)15(9-12-3-5-13(27)6-4-12)25-17(29)10-24-19(30)14(22)7-8-16(23)28/h3-6,11,14-15,18,27H,7-10,22H2,1-2H3,(H2,23,28)(H,24,30)(H,25,29)(H,26,31)(H,32,33). The maximum atomic E-state index is 12.8. The first-order valence-electron chi connectivity index (χ1n) is 10.3. The fraction of sp³-hybridized carbons (Fsp3) is 0.476. The molecule has 4 amide bonds. The van der Waals surface area contributed by atoms with Gasteiger partial charge in [0, 0.05) is 12.8 Å². The molecule has 0 heterocycles. The number of primary amides is 1. The van der Waals surface area contributed by atoms with Crippen molar-refractivity contribution in [3.8, 4) is 5.75 Å². The minimum absolute atomic E-state index is 0.00829. The van der Waals surface area contributed by atoms with Crippen LogP contribution in [0.15, 0.2) is 24.3 Å². The van der Waals surface area contributed by atoms with Gasteiger partial charge in [-0.3, -0.25) is 19.2 Å². The topological polar surface area (TPSA) is 214 Å². The van der Waals surface area contributed by atoms with Crippen LogP contribution >= 0.6 is 0 Å². The van der Waals surface area contributed by atoms with E-state index in [1.54, 1.807) is 26.0 Å². The van der Waals surface area contributed by atoms with Gasteiger partial charge >= 0.3 is 5.97 Å². The van der Waals surface area contributed by atoms with Crippen molar-refractivity contribution >= 4 is 29.6 Å². The molecule has 1 aromatic rings. The van der Waals surface area contributed by atoms with Gasteiger partial charge in [0.05, 0.1) is 12.6 Å². The Morgan fingerprint density at radius 2 is 1.61 bits per heavy atom. The van der Waals surface area contributed by atoms with Gasteiger partial charge in [-0.1, -0.05) is 26.0 Å². The second-order valence-electron chi connectivity index (χ2n) is 7.89. The lowest BCUT2D eigenvalue weighted by Gasteiger charge is -2.23. The average molecular weight is 466 g/mol. The van der Waals surface area contributed by atoms with E-state index in [1.165, 1.54) is 12.1 Å². The molecule has 0 bridgehead atoms. The van der Waals surface area contributed by atoms with E-state index in [0.717, 1.165) is 0 Å². The molecular weight excluding hydrogens is 434 g/mol. The van der Waals surface area contributed by atoms with E-state index in [2.05, 4.69) is 16.0 Å². The van der Waals surface area contributed by atoms with Crippen molar-refractivity contribution in [2.45, 2.75) is 51.2 Å². The highest BCUT2D eigenvalue weighted by molar-refractivity contribution is 5.92. The summed E-state index contributed by atoms with van der Waals surface area (Å²) in [7, 11) is 0. The third-order valence-corrected chi connectivity index (χ3v) is 4.72. The molecule has 0 aliphatic rings. The quantitative estimate of drug-likeness (QED) is 0.179. The number of carbonyl (C=O) groups excluding carboxylic acids is 4. The van der Waals surface area contributed by atoms with E-state index >= 15 is 0 Å². The SMILES string of the molecule is CC(C)C(NC(=O)C(Cc1ccc(O)cc1)NC(=O)CNC(=O)C(N)CCC(N)=O)C(=O)O. The molecule has 0 spiro atoms. The first kappa shape index (κ1) is 27.4. The number of carboxylic acid groups (broad SMARTS) is 1. The van der Waals surface area contributed by atoms with Gasteiger partial charge in [0.15, 0.2) is 0 Å². The molecule has 1 rings (SSSR count). The molecule has 0 fully saturated rings. The Morgan fingerprint density at radius 3 is 2.12 bits per heavy atom. The number of hydrogen-bond donors (Lipinski definition) is 7. The lowest BCUT2D eigenvalue weighted by molar-refractivity contribution is -0.143. The van der Waals surface area contributed by atoms with E-state index < -0.39 is 60.2 Å². The highest BCUT2D eigenvalue weighted by Crippen LogP contribution is 2.12. The fourth-order valence-corrected chi connectivity index (χ4v) is 2.82. The summed E-state index contributed by atoms with van der Waals surface area (Å²) in [5.74, 6) is -4.31. The molecule has 0 aliphatic carbocycles. The zero-order valence-electron chi connectivity index (χ0n) is 18.5. The Kier molecular flexibility index (Phi) is 10.8. The number of aliphatic carboxylic acids is 1. The number of nitrogens with one attached hydrogen (secondary N) is 3. The molecule has 0 radical (unpaired) electrons. The lowest BCUT2D eigenvalue weighted by Crippen LogP contribution is -2.55. The monoisotopic (exact) mass is 465 g/mol. The molecule has 0 aliphatic heterocycles. The molecular formula is C21H31N5O7. The zero-order chi connectivity index (χ0) is 25.1. The van der Waals surface area contributed by atoms with Crippen molar-refractivity contribution in [3.05, 3.63) is 29.8 Å². The van der Waals surface area contributed by atoms with Gasteiger partial charge in [-0.05, 0) is 30.0 Å². The number of benzene rings is 1. The number of amides is 4. The molecule has 0 saturated heterocycles. The molecule has 182 valence electrons. The molecule has 9 N–H and O–H groups in total. The van der Waals surface area contributed by atoms with Crippen LogP contribution in [0.1, 0.15) is 32.3 Å². The van der Waals surface area contributed by atoms with Crippen molar-refractivity contribution in [2.75, 3.05) is 6.54 Å². The Balaban J connectivity index is 2.83. The molecule has 12 nitrogen and oxygen atoms in total. The third kappa shape index (κ3) is 9.99. The van der Waals surface area contributed by atoms with Gasteiger partial charge < -0.3 is 37.6 Å². The van der Waals surface area contributed by atoms with E-state index in [1.807, 2.05) is 0 Å². The van der Waals surface area contributed by atoms with Crippen molar-refractivity contribution in [1.82, 2.24) is 16.0 Å². The number of nitrogens with two attached hydrogens (primary N) is 2. The van der Waals surface area contributed by atoms with Gasteiger partial charge in [-0.2, -0.15) is 0 Å².